The molecule has 3 rings (SSSR count). The molecule has 0 unspecified atom stereocenters. The maximum absolute atomic E-state index is 12.2. The van der Waals surface area contributed by atoms with Crippen LogP contribution in [0.25, 0.3) is 0 Å². The molecule has 114 valence electrons. The number of aromatic nitrogens is 1. The molecule has 1 atom stereocenters. The zero-order valence-electron chi connectivity index (χ0n) is 12.2. The second kappa shape index (κ2) is 6.01. The first-order chi connectivity index (χ1) is 10.1. The van der Waals surface area contributed by atoms with Gasteiger partial charge >= 0.3 is 0 Å². The Balaban J connectivity index is 1.59. The van der Waals surface area contributed by atoms with E-state index >= 15 is 0 Å². The van der Waals surface area contributed by atoms with Gasteiger partial charge in [0.05, 0.1) is 5.92 Å². The molecule has 2 saturated heterocycles. The van der Waals surface area contributed by atoms with Crippen LogP contribution in [0.2, 0.25) is 0 Å². The van der Waals surface area contributed by atoms with Gasteiger partial charge in [0.2, 0.25) is 11.8 Å². The van der Waals surface area contributed by atoms with Crippen LogP contribution in [-0.4, -0.2) is 48.4 Å². The number of hydrogen-bond donors (Lipinski definition) is 1. The van der Waals surface area contributed by atoms with Crippen LogP contribution in [0.5, 0.6) is 0 Å². The molecule has 21 heavy (non-hydrogen) atoms. The van der Waals surface area contributed by atoms with E-state index in [0.29, 0.717) is 18.8 Å². The lowest BCUT2D eigenvalue weighted by Gasteiger charge is -2.25. The molecule has 6 nitrogen and oxygen atoms in total. The summed E-state index contributed by atoms with van der Waals surface area (Å²) in [5.74, 6) is 0.265. The van der Waals surface area contributed by atoms with Gasteiger partial charge < -0.3 is 15.1 Å². The van der Waals surface area contributed by atoms with E-state index in [1.807, 2.05) is 5.38 Å². The number of thiazole rings is 1. The molecule has 7 heteroatoms. The molecule has 0 aromatic carbocycles. The van der Waals surface area contributed by atoms with E-state index < -0.39 is 0 Å². The smallest absolute Gasteiger partial charge is 0.230 e. The fourth-order valence-corrected chi connectivity index (χ4v) is 3.63. The molecule has 0 aliphatic carbocycles. The lowest BCUT2D eigenvalue weighted by molar-refractivity contribution is -0.127. The minimum absolute atomic E-state index is 0.0300. The van der Waals surface area contributed by atoms with Crippen LogP contribution in [0, 0.1) is 5.92 Å². The van der Waals surface area contributed by atoms with Crippen molar-refractivity contribution in [2.24, 2.45) is 5.92 Å². The van der Waals surface area contributed by atoms with Gasteiger partial charge in [0.15, 0.2) is 5.13 Å². The van der Waals surface area contributed by atoms with Crippen LogP contribution >= 0.6 is 11.3 Å². The van der Waals surface area contributed by atoms with E-state index in [2.05, 4.69) is 15.2 Å². The predicted molar refractivity (Wildman–Crippen MR) is 82.6 cm³/mol. The maximum Gasteiger partial charge on any atom is 0.230 e. The minimum Gasteiger partial charge on any atom is -0.348 e. The number of likely N-dealkylation sites (tertiary alicyclic amines) is 1. The van der Waals surface area contributed by atoms with Crippen molar-refractivity contribution in [1.82, 2.24) is 9.88 Å². The van der Waals surface area contributed by atoms with Gasteiger partial charge in [-0.1, -0.05) is 0 Å². The third-order valence-electron chi connectivity index (χ3n) is 4.08. The molecule has 2 fully saturated rings. The van der Waals surface area contributed by atoms with Crippen molar-refractivity contribution in [3.8, 4) is 0 Å². The molecule has 2 aliphatic rings. The average Bonchev–Trinajstić information content (AvgIpc) is 3.08. The van der Waals surface area contributed by atoms with Gasteiger partial charge in [0, 0.05) is 38.5 Å². The first-order valence-corrected chi connectivity index (χ1v) is 8.27. The summed E-state index contributed by atoms with van der Waals surface area (Å²) in [5, 5.41) is 5.69. The van der Waals surface area contributed by atoms with Crippen molar-refractivity contribution in [2.75, 3.05) is 36.9 Å². The maximum atomic E-state index is 12.2. The number of anilines is 2. The Morgan fingerprint density at radius 1 is 1.38 bits per heavy atom. The summed E-state index contributed by atoms with van der Waals surface area (Å²) in [6.07, 6.45) is 4.00. The molecule has 0 saturated carbocycles. The van der Waals surface area contributed by atoms with Crippen LogP contribution in [0.1, 0.15) is 25.7 Å². The summed E-state index contributed by atoms with van der Waals surface area (Å²) in [4.78, 5) is 32.0. The highest BCUT2D eigenvalue weighted by atomic mass is 32.1. The standard InChI is InChI=1S/C14H20N4O2S/c1-17-8-10(7-12(17)19)13(20)15-11-9-21-14(16-11)18-5-3-2-4-6-18/h9-10H,2-8H2,1H3,(H,15,20)/t10-/m1/s1. The Morgan fingerprint density at radius 2 is 2.14 bits per heavy atom. The molecule has 1 aromatic heterocycles. The van der Waals surface area contributed by atoms with E-state index in [1.165, 1.54) is 19.3 Å². The lowest BCUT2D eigenvalue weighted by atomic mass is 10.1. The quantitative estimate of drug-likeness (QED) is 0.920. The van der Waals surface area contributed by atoms with E-state index in [1.54, 1.807) is 23.3 Å². The molecule has 3 heterocycles. The monoisotopic (exact) mass is 308 g/mol. The summed E-state index contributed by atoms with van der Waals surface area (Å²) in [6, 6.07) is 0. The topological polar surface area (TPSA) is 65.5 Å². The fourth-order valence-electron chi connectivity index (χ4n) is 2.82. The van der Waals surface area contributed by atoms with E-state index in [9.17, 15) is 9.59 Å². The van der Waals surface area contributed by atoms with Gasteiger partial charge in [0.1, 0.15) is 5.82 Å². The van der Waals surface area contributed by atoms with Gasteiger partial charge in [-0.25, -0.2) is 4.98 Å². The molecule has 0 spiro atoms. The largest absolute Gasteiger partial charge is 0.348 e. The Morgan fingerprint density at radius 3 is 2.81 bits per heavy atom. The summed E-state index contributed by atoms with van der Waals surface area (Å²) in [5.41, 5.74) is 0. The molecule has 1 aromatic rings. The summed E-state index contributed by atoms with van der Waals surface area (Å²) in [7, 11) is 1.73. The fraction of sp³-hybridized carbons (Fsp3) is 0.643. The third kappa shape index (κ3) is 3.18. The number of carbonyl (C=O) groups excluding carboxylic acids is 2. The van der Waals surface area contributed by atoms with Crippen LogP contribution in [0.15, 0.2) is 5.38 Å². The predicted octanol–water partition coefficient (Wildman–Crippen LogP) is 1.55. The number of carbonyl (C=O) groups is 2. The van der Waals surface area contributed by atoms with Crippen molar-refractivity contribution in [1.29, 1.82) is 0 Å². The number of piperidine rings is 1. The number of hydrogen-bond acceptors (Lipinski definition) is 5. The summed E-state index contributed by atoms with van der Waals surface area (Å²) >= 11 is 1.56. The van der Waals surface area contributed by atoms with Crippen molar-refractivity contribution in [3.05, 3.63) is 5.38 Å². The highest BCUT2D eigenvalue weighted by molar-refractivity contribution is 7.14. The van der Waals surface area contributed by atoms with Crippen molar-refractivity contribution in [3.63, 3.8) is 0 Å². The minimum atomic E-state index is -0.261. The normalized spacial score (nSPS) is 22.7. The Hall–Kier alpha value is -1.63. The number of nitrogens with zero attached hydrogens (tertiary/aromatic N) is 3. The second-order valence-electron chi connectivity index (χ2n) is 5.73. The number of nitrogens with one attached hydrogen (secondary N) is 1. The molecule has 1 N–H and O–H groups in total. The van der Waals surface area contributed by atoms with Crippen LogP contribution in [-0.2, 0) is 9.59 Å². The Labute approximate surface area is 128 Å². The lowest BCUT2D eigenvalue weighted by Crippen LogP contribution is -2.29. The van der Waals surface area contributed by atoms with Gasteiger partial charge in [0.25, 0.3) is 0 Å². The molecule has 2 amide bonds. The van der Waals surface area contributed by atoms with Gasteiger partial charge in [-0.3, -0.25) is 9.59 Å². The molecular formula is C14H20N4O2S. The van der Waals surface area contributed by atoms with Gasteiger partial charge in [-0.15, -0.1) is 11.3 Å². The zero-order valence-corrected chi connectivity index (χ0v) is 13.0. The third-order valence-corrected chi connectivity index (χ3v) is 4.98. The van der Waals surface area contributed by atoms with Crippen molar-refractivity contribution < 1.29 is 9.59 Å². The highest BCUT2D eigenvalue weighted by Gasteiger charge is 2.32. The van der Waals surface area contributed by atoms with Crippen molar-refractivity contribution >= 4 is 34.1 Å². The Bertz CT molecular complexity index is 539. The van der Waals surface area contributed by atoms with E-state index in [4.69, 9.17) is 0 Å². The Kier molecular flexibility index (Phi) is 4.10. The van der Waals surface area contributed by atoms with Crippen molar-refractivity contribution in [2.45, 2.75) is 25.7 Å². The van der Waals surface area contributed by atoms with Gasteiger partial charge in [-0.2, -0.15) is 0 Å². The first-order valence-electron chi connectivity index (χ1n) is 7.39. The molecule has 2 aliphatic heterocycles. The molecule has 0 bridgehead atoms. The van der Waals surface area contributed by atoms with Crippen LogP contribution in [0.3, 0.4) is 0 Å². The highest BCUT2D eigenvalue weighted by Crippen LogP contribution is 2.27. The molecule has 0 radical (unpaired) electrons. The second-order valence-corrected chi connectivity index (χ2v) is 6.56. The van der Waals surface area contributed by atoms with Crippen LogP contribution < -0.4 is 10.2 Å². The SMILES string of the molecule is CN1C[C@H](C(=O)Nc2csc(N3CCCCC3)n2)CC1=O. The summed E-state index contributed by atoms with van der Waals surface area (Å²) in [6.45, 7) is 2.58. The number of amides is 2. The summed E-state index contributed by atoms with van der Waals surface area (Å²) < 4.78 is 0. The molecular weight excluding hydrogens is 288 g/mol. The van der Waals surface area contributed by atoms with Crippen LogP contribution in [0.4, 0.5) is 10.9 Å². The van der Waals surface area contributed by atoms with E-state index in [-0.39, 0.29) is 17.7 Å². The average molecular weight is 308 g/mol. The van der Waals surface area contributed by atoms with Gasteiger partial charge in [-0.05, 0) is 19.3 Å². The number of rotatable bonds is 3. The zero-order chi connectivity index (χ0) is 14.8. The first kappa shape index (κ1) is 14.3. The van der Waals surface area contributed by atoms with E-state index in [0.717, 1.165) is 18.2 Å².